The molecular weight excluding hydrogens is 1110 g/mol. The number of ether oxygens (including phenoxy) is 4. The van der Waals surface area contributed by atoms with Gasteiger partial charge in [0.25, 0.3) is 5.56 Å². The Balaban J connectivity index is 1.03. The van der Waals surface area contributed by atoms with Gasteiger partial charge in [-0.1, -0.05) is 175 Å². The summed E-state index contributed by atoms with van der Waals surface area (Å²) in [4.78, 5) is 95.4. The SMILES string of the molecule is CCCCCCCCCCCCCCCC(=O)OCC(COP(=O)(O)OCCNC(=O)CCCC(=O)Oc1ccc2nc3c(cc2c1CN(C)C)Cn1c-3cc2c(c1=O)COC(=O)[C@@]2(O)CC)OC(=O)CCCCCCCCCCCCCCC. The van der Waals surface area contributed by atoms with Crippen LogP contribution in [-0.2, 0) is 77.1 Å². The lowest BCUT2D eigenvalue weighted by Crippen LogP contribution is -2.44. The van der Waals surface area contributed by atoms with Crippen LogP contribution < -0.4 is 15.6 Å². The second-order valence-electron chi connectivity index (χ2n) is 23.5. The molecule has 0 spiro atoms. The molecule has 20 heteroatoms. The number of esters is 4. The Bertz CT molecular complexity index is 2700. The highest BCUT2D eigenvalue weighted by atomic mass is 31.2. The number of nitrogens with one attached hydrogen (secondary N) is 1. The van der Waals surface area contributed by atoms with E-state index in [-0.39, 0.29) is 81.5 Å². The van der Waals surface area contributed by atoms with E-state index in [0.717, 1.165) is 44.1 Å². The van der Waals surface area contributed by atoms with Crippen LogP contribution in [0.3, 0.4) is 0 Å². The van der Waals surface area contributed by atoms with E-state index in [9.17, 15) is 43.3 Å². The van der Waals surface area contributed by atoms with Gasteiger partial charge in [0.05, 0.1) is 42.2 Å². The molecule has 85 heavy (non-hydrogen) atoms. The third-order valence-corrected chi connectivity index (χ3v) is 17.0. The van der Waals surface area contributed by atoms with Crippen molar-refractivity contribution in [2.75, 3.05) is 40.5 Å². The number of phosphoric ester groups is 1. The van der Waals surface area contributed by atoms with Gasteiger partial charge in [-0.25, -0.2) is 14.3 Å². The molecule has 2 aromatic heterocycles. The van der Waals surface area contributed by atoms with Crippen LogP contribution >= 0.6 is 7.82 Å². The Morgan fingerprint density at radius 3 is 1.84 bits per heavy atom. The van der Waals surface area contributed by atoms with E-state index in [1.165, 1.54) is 116 Å². The number of aliphatic hydroxyl groups is 1. The lowest BCUT2D eigenvalue weighted by atomic mass is 9.86. The second kappa shape index (κ2) is 38.3. The Hall–Kier alpha value is -5.04. The van der Waals surface area contributed by atoms with Crippen LogP contribution in [0.1, 0.15) is 248 Å². The second-order valence-corrected chi connectivity index (χ2v) is 25.0. The van der Waals surface area contributed by atoms with Gasteiger partial charge in [0.2, 0.25) is 5.91 Å². The van der Waals surface area contributed by atoms with Gasteiger partial charge in [-0.05, 0) is 64.0 Å². The number of pyridine rings is 2. The number of unbranched alkanes of at least 4 members (excludes halogenated alkanes) is 24. The summed E-state index contributed by atoms with van der Waals surface area (Å²) in [5, 5.41) is 14.6. The molecule has 19 nitrogen and oxygen atoms in total. The number of fused-ring (bicyclic) bond motifs is 5. The molecule has 3 atom stereocenters. The Labute approximate surface area is 505 Å². The van der Waals surface area contributed by atoms with Crippen molar-refractivity contribution in [2.24, 2.45) is 0 Å². The molecule has 0 bridgehead atoms. The van der Waals surface area contributed by atoms with Crippen LogP contribution in [0.25, 0.3) is 22.3 Å². The minimum atomic E-state index is -4.71. The van der Waals surface area contributed by atoms with Gasteiger partial charge in [-0.15, -0.1) is 0 Å². The zero-order valence-electron chi connectivity index (χ0n) is 52.0. The number of carbonyl (C=O) groups excluding carboxylic acids is 5. The summed E-state index contributed by atoms with van der Waals surface area (Å²) in [6, 6.07) is 6.94. The normalized spacial score (nSPS) is 15.5. The quantitative estimate of drug-likeness (QED) is 0.0122. The van der Waals surface area contributed by atoms with Gasteiger partial charge >= 0.3 is 31.7 Å². The van der Waals surface area contributed by atoms with Crippen LogP contribution in [0.15, 0.2) is 29.1 Å². The Morgan fingerprint density at radius 1 is 0.718 bits per heavy atom. The summed E-state index contributed by atoms with van der Waals surface area (Å²) >= 11 is 0. The molecular formula is C65H101N4O15P. The fourth-order valence-corrected chi connectivity index (χ4v) is 11.8. The molecule has 2 unspecified atom stereocenters. The highest BCUT2D eigenvalue weighted by Crippen LogP contribution is 2.43. The summed E-state index contributed by atoms with van der Waals surface area (Å²) in [5.74, 6) is -2.45. The molecule has 0 aliphatic carbocycles. The van der Waals surface area contributed by atoms with Crippen LogP contribution in [0.2, 0.25) is 0 Å². The standard InChI is InChI=1S/C65H101N4O15P/c1-6-9-11-13-15-17-19-21-23-25-27-29-31-35-59(71)79-46-50(83-60(72)36-32-30-28-26-24-22-20-18-16-14-12-10-7-2)47-82-85(77,78)81-41-40-66-58(70)34-33-37-61(73)84-57-39-38-55-51(52(57)45-68(4)5)42-49-44-69-56(62(49)67-55)43-54-53(63(69)74)48-80-64(75)65(54,76)8-3/h38-39,42-43,50,76H,6-37,40-41,44-48H2,1-5H3,(H,66,70)(H,77,78)/t50?,65-/m1/s1. The maximum atomic E-state index is 13.7. The first-order valence-corrected chi connectivity index (χ1v) is 33.7. The van der Waals surface area contributed by atoms with Crippen LogP contribution in [0, 0.1) is 0 Å². The summed E-state index contributed by atoms with van der Waals surface area (Å²) in [5.41, 5.74) is 1.15. The van der Waals surface area contributed by atoms with E-state index in [2.05, 4.69) is 19.2 Å². The maximum absolute atomic E-state index is 13.7. The number of carbonyl (C=O) groups is 5. The summed E-state index contributed by atoms with van der Waals surface area (Å²) in [6.45, 7) is 5.01. The zero-order valence-corrected chi connectivity index (χ0v) is 52.8. The lowest BCUT2D eigenvalue weighted by Gasteiger charge is -2.31. The molecule has 1 amide bonds. The first-order valence-electron chi connectivity index (χ1n) is 32.2. The molecule has 3 N–H and O–H groups in total. The first-order chi connectivity index (χ1) is 41.0. The van der Waals surface area contributed by atoms with Crippen molar-refractivity contribution < 1.29 is 66.5 Å². The molecule has 3 aromatic rings. The molecule has 0 fully saturated rings. The van der Waals surface area contributed by atoms with E-state index in [1.54, 1.807) is 29.7 Å². The van der Waals surface area contributed by atoms with Crippen molar-refractivity contribution in [1.29, 1.82) is 0 Å². The molecule has 0 saturated heterocycles. The fourth-order valence-electron chi connectivity index (χ4n) is 11.1. The lowest BCUT2D eigenvalue weighted by molar-refractivity contribution is -0.172. The predicted octanol–water partition coefficient (Wildman–Crippen LogP) is 12.9. The summed E-state index contributed by atoms with van der Waals surface area (Å²) in [7, 11) is -0.961. The van der Waals surface area contributed by atoms with Crippen molar-refractivity contribution in [2.45, 2.75) is 258 Å². The number of amides is 1. The summed E-state index contributed by atoms with van der Waals surface area (Å²) in [6.07, 6.45) is 29.7. The predicted molar refractivity (Wildman–Crippen MR) is 328 cm³/mol. The third kappa shape index (κ3) is 24.2. The van der Waals surface area contributed by atoms with Crippen LogP contribution in [0.5, 0.6) is 5.75 Å². The molecule has 0 saturated carbocycles. The number of benzene rings is 1. The molecule has 1 aromatic carbocycles. The Kier molecular flexibility index (Phi) is 31.9. The van der Waals surface area contributed by atoms with Crippen LogP contribution in [0.4, 0.5) is 0 Å². The van der Waals surface area contributed by atoms with Crippen molar-refractivity contribution in [3.8, 4) is 17.1 Å². The van der Waals surface area contributed by atoms with E-state index >= 15 is 0 Å². The highest BCUT2D eigenvalue weighted by molar-refractivity contribution is 7.47. The minimum Gasteiger partial charge on any atom is -0.462 e. The van der Waals surface area contributed by atoms with Crippen molar-refractivity contribution >= 4 is 48.5 Å². The largest absolute Gasteiger partial charge is 0.472 e. The molecule has 2 aliphatic rings. The fraction of sp³-hybridized carbons (Fsp3) is 0.708. The van der Waals surface area contributed by atoms with E-state index in [0.29, 0.717) is 53.0 Å². The van der Waals surface area contributed by atoms with Crippen molar-refractivity contribution in [3.63, 3.8) is 0 Å². The smallest absolute Gasteiger partial charge is 0.462 e. The molecule has 2 aliphatic heterocycles. The number of aromatic nitrogens is 2. The van der Waals surface area contributed by atoms with Gasteiger partial charge in [0, 0.05) is 60.8 Å². The van der Waals surface area contributed by atoms with E-state index in [4.69, 9.17) is 33.0 Å². The average molecular weight is 1210 g/mol. The number of hydrogen-bond donors (Lipinski definition) is 3. The number of hydrogen-bond acceptors (Lipinski definition) is 16. The molecule has 5 rings (SSSR count). The maximum Gasteiger partial charge on any atom is 0.472 e. The molecule has 476 valence electrons. The minimum absolute atomic E-state index is 0.0260. The monoisotopic (exact) mass is 1210 g/mol. The third-order valence-electron chi connectivity index (χ3n) is 16.0. The zero-order chi connectivity index (χ0) is 61.5. The Morgan fingerprint density at radius 2 is 1.27 bits per heavy atom. The van der Waals surface area contributed by atoms with Gasteiger partial charge < -0.3 is 43.7 Å². The molecule has 4 heterocycles. The first kappa shape index (κ1) is 70.7. The number of rotatable bonds is 46. The van der Waals surface area contributed by atoms with Gasteiger partial charge in [-0.2, -0.15) is 0 Å². The average Bonchev–Trinajstić information content (AvgIpc) is 3.95. The molecule has 0 radical (unpaired) electrons. The summed E-state index contributed by atoms with van der Waals surface area (Å²) < 4.78 is 47.0. The van der Waals surface area contributed by atoms with E-state index < -0.39 is 62.5 Å². The van der Waals surface area contributed by atoms with Gasteiger partial charge in [0.15, 0.2) is 11.7 Å². The van der Waals surface area contributed by atoms with Gasteiger partial charge in [0.1, 0.15) is 19.0 Å². The number of cyclic esters (lactones) is 1. The van der Waals surface area contributed by atoms with Crippen LogP contribution in [-0.4, -0.2) is 101 Å². The number of nitrogens with zero attached hydrogens (tertiary/aromatic N) is 3. The van der Waals surface area contributed by atoms with Crippen molar-refractivity contribution in [3.05, 3.63) is 56.9 Å². The highest BCUT2D eigenvalue weighted by Gasteiger charge is 2.45. The van der Waals surface area contributed by atoms with E-state index in [1.807, 2.05) is 25.1 Å². The topological polar surface area (TPSA) is 248 Å². The van der Waals surface area contributed by atoms with Crippen molar-refractivity contribution in [1.82, 2.24) is 19.8 Å². The number of phosphoric acid groups is 1. The van der Waals surface area contributed by atoms with Gasteiger partial charge in [-0.3, -0.25) is 33.0 Å².